The number of rotatable bonds is 3. The number of aryl methyl sites for hydroxylation is 1. The van der Waals surface area contributed by atoms with Gasteiger partial charge in [0.15, 0.2) is 0 Å². The lowest BCUT2D eigenvalue weighted by molar-refractivity contribution is 0.209. The van der Waals surface area contributed by atoms with Crippen LogP contribution in [0.25, 0.3) is 0 Å². The van der Waals surface area contributed by atoms with Gasteiger partial charge in [0.25, 0.3) is 0 Å². The van der Waals surface area contributed by atoms with E-state index in [0.29, 0.717) is 0 Å². The Morgan fingerprint density at radius 2 is 2.15 bits per heavy atom. The number of nitrogens with one attached hydrogen (secondary N) is 1. The van der Waals surface area contributed by atoms with Crippen molar-refractivity contribution in [1.82, 2.24) is 4.90 Å². The van der Waals surface area contributed by atoms with Gasteiger partial charge in [0.1, 0.15) is 0 Å². The predicted octanol–water partition coefficient (Wildman–Crippen LogP) is 5.04. The first-order chi connectivity index (χ1) is 9.49. The van der Waals surface area contributed by atoms with E-state index in [-0.39, 0.29) is 12.1 Å². The molecule has 0 aliphatic carbocycles. The van der Waals surface area contributed by atoms with E-state index in [1.54, 1.807) is 16.2 Å². The Bertz CT molecular complexity index is 598. The maximum atomic E-state index is 12.2. The summed E-state index contributed by atoms with van der Waals surface area (Å²) in [5.74, 6) is 0. The van der Waals surface area contributed by atoms with E-state index in [1.165, 1.54) is 4.88 Å². The van der Waals surface area contributed by atoms with Gasteiger partial charge in [-0.25, -0.2) is 4.79 Å². The van der Waals surface area contributed by atoms with Crippen LogP contribution >= 0.6 is 27.3 Å². The molecule has 106 valence electrons. The van der Waals surface area contributed by atoms with Gasteiger partial charge in [0.05, 0.1) is 6.04 Å². The quantitative estimate of drug-likeness (QED) is 0.823. The summed E-state index contributed by atoms with van der Waals surface area (Å²) in [4.78, 5) is 15.1. The van der Waals surface area contributed by atoms with E-state index in [2.05, 4.69) is 21.2 Å². The number of benzene rings is 1. The molecule has 2 rings (SSSR count). The summed E-state index contributed by atoms with van der Waals surface area (Å²) >= 11 is 5.13. The summed E-state index contributed by atoms with van der Waals surface area (Å²) in [5.41, 5.74) is 1.93. The Morgan fingerprint density at radius 1 is 1.40 bits per heavy atom. The number of nitrogens with zero attached hydrogens (tertiary/aromatic N) is 1. The molecule has 0 fully saturated rings. The van der Waals surface area contributed by atoms with Gasteiger partial charge in [-0.2, -0.15) is 0 Å². The average Bonchev–Trinajstić information content (AvgIpc) is 2.95. The van der Waals surface area contributed by atoms with E-state index in [1.807, 2.05) is 56.6 Å². The zero-order valence-corrected chi connectivity index (χ0v) is 14.1. The van der Waals surface area contributed by atoms with Gasteiger partial charge in [-0.3, -0.25) is 0 Å². The van der Waals surface area contributed by atoms with Crippen LogP contribution in [-0.4, -0.2) is 18.0 Å². The molecule has 5 heteroatoms. The highest BCUT2D eigenvalue weighted by Gasteiger charge is 2.18. The van der Waals surface area contributed by atoms with Crippen molar-refractivity contribution < 1.29 is 4.79 Å². The molecule has 0 aliphatic rings. The molecule has 2 amide bonds. The molecule has 0 saturated carbocycles. The van der Waals surface area contributed by atoms with Gasteiger partial charge in [-0.1, -0.05) is 28.1 Å². The lowest BCUT2D eigenvalue weighted by Crippen LogP contribution is -2.33. The minimum Gasteiger partial charge on any atom is -0.320 e. The van der Waals surface area contributed by atoms with Crippen LogP contribution in [0.5, 0.6) is 0 Å². The van der Waals surface area contributed by atoms with Gasteiger partial charge in [0, 0.05) is 22.1 Å². The normalized spacial score (nSPS) is 12.0. The lowest BCUT2D eigenvalue weighted by atomic mass is 10.2. The van der Waals surface area contributed by atoms with E-state index < -0.39 is 0 Å². The standard InChI is InChI=1S/C15H17BrN2OS/c1-10-6-7-12(9-13(10)16)17-15(19)18(3)11(2)14-5-4-8-20-14/h4-9,11H,1-3H3,(H,17,19). The van der Waals surface area contributed by atoms with Crippen LogP contribution in [0.2, 0.25) is 0 Å². The van der Waals surface area contributed by atoms with Crippen LogP contribution in [-0.2, 0) is 0 Å². The first kappa shape index (κ1) is 15.1. The third kappa shape index (κ3) is 3.41. The number of carbonyl (C=O) groups excluding carboxylic acids is 1. The van der Waals surface area contributed by atoms with Gasteiger partial charge < -0.3 is 10.2 Å². The van der Waals surface area contributed by atoms with Gasteiger partial charge >= 0.3 is 6.03 Å². The second kappa shape index (κ2) is 6.41. The maximum Gasteiger partial charge on any atom is 0.322 e. The summed E-state index contributed by atoms with van der Waals surface area (Å²) in [6.07, 6.45) is 0. The van der Waals surface area contributed by atoms with Crippen molar-refractivity contribution in [3.63, 3.8) is 0 Å². The van der Waals surface area contributed by atoms with Crippen molar-refractivity contribution in [2.45, 2.75) is 19.9 Å². The van der Waals surface area contributed by atoms with Gasteiger partial charge in [-0.05, 0) is 43.0 Å². The fourth-order valence-electron chi connectivity index (χ4n) is 1.78. The van der Waals surface area contributed by atoms with Crippen LogP contribution in [0.1, 0.15) is 23.4 Å². The fourth-order valence-corrected chi connectivity index (χ4v) is 2.98. The molecule has 1 aromatic carbocycles. The summed E-state index contributed by atoms with van der Waals surface area (Å²) in [6, 6.07) is 9.78. The SMILES string of the molecule is Cc1ccc(NC(=O)N(C)C(C)c2cccs2)cc1Br. The second-order valence-corrected chi connectivity index (χ2v) is 6.53. The Hall–Kier alpha value is -1.33. The zero-order chi connectivity index (χ0) is 14.7. The number of anilines is 1. The third-order valence-corrected chi connectivity index (χ3v) is 5.18. The van der Waals surface area contributed by atoms with Crippen LogP contribution in [0.4, 0.5) is 10.5 Å². The molecule has 0 spiro atoms. The minimum atomic E-state index is -0.110. The van der Waals surface area contributed by atoms with Crippen molar-refractivity contribution in [1.29, 1.82) is 0 Å². The first-order valence-corrected chi connectivity index (χ1v) is 7.99. The summed E-state index contributed by atoms with van der Waals surface area (Å²) in [6.45, 7) is 4.04. The van der Waals surface area contributed by atoms with Crippen LogP contribution in [0, 0.1) is 6.92 Å². The van der Waals surface area contributed by atoms with Crippen LogP contribution in [0.15, 0.2) is 40.2 Å². The molecule has 0 aliphatic heterocycles. The molecule has 1 unspecified atom stereocenters. The van der Waals surface area contributed by atoms with Crippen molar-refractivity contribution in [2.24, 2.45) is 0 Å². The van der Waals surface area contributed by atoms with E-state index in [0.717, 1.165) is 15.7 Å². The molecule has 20 heavy (non-hydrogen) atoms. The molecule has 1 atom stereocenters. The van der Waals surface area contributed by atoms with E-state index in [4.69, 9.17) is 0 Å². The number of thiophene rings is 1. The predicted molar refractivity (Wildman–Crippen MR) is 88.4 cm³/mol. The van der Waals surface area contributed by atoms with Crippen LogP contribution < -0.4 is 5.32 Å². The molecule has 1 N–H and O–H groups in total. The molecule has 0 bridgehead atoms. The maximum absolute atomic E-state index is 12.2. The minimum absolute atomic E-state index is 0.0592. The topological polar surface area (TPSA) is 32.3 Å². The molecule has 3 nitrogen and oxygen atoms in total. The zero-order valence-electron chi connectivity index (χ0n) is 11.7. The van der Waals surface area contributed by atoms with E-state index >= 15 is 0 Å². The van der Waals surface area contributed by atoms with Crippen molar-refractivity contribution in [3.8, 4) is 0 Å². The molecule has 1 heterocycles. The molecular weight excluding hydrogens is 336 g/mol. The molecule has 0 saturated heterocycles. The van der Waals surface area contributed by atoms with Crippen molar-refractivity contribution in [2.75, 3.05) is 12.4 Å². The number of urea groups is 1. The number of carbonyl (C=O) groups is 1. The fraction of sp³-hybridized carbons (Fsp3) is 0.267. The van der Waals surface area contributed by atoms with Crippen molar-refractivity contribution >= 4 is 39.0 Å². The Morgan fingerprint density at radius 3 is 2.75 bits per heavy atom. The lowest BCUT2D eigenvalue weighted by Gasteiger charge is -2.24. The number of hydrogen-bond donors (Lipinski definition) is 1. The van der Waals surface area contributed by atoms with E-state index in [9.17, 15) is 4.79 Å². The number of hydrogen-bond acceptors (Lipinski definition) is 2. The average molecular weight is 353 g/mol. The monoisotopic (exact) mass is 352 g/mol. The van der Waals surface area contributed by atoms with Crippen LogP contribution in [0.3, 0.4) is 0 Å². The number of amides is 2. The highest BCUT2D eigenvalue weighted by Crippen LogP contribution is 2.25. The summed E-state index contributed by atoms with van der Waals surface area (Å²) in [5, 5.41) is 4.94. The third-order valence-electron chi connectivity index (χ3n) is 3.28. The number of halogens is 1. The molecule has 2 aromatic rings. The summed E-state index contributed by atoms with van der Waals surface area (Å²) < 4.78 is 0.990. The second-order valence-electron chi connectivity index (χ2n) is 4.70. The first-order valence-electron chi connectivity index (χ1n) is 6.32. The van der Waals surface area contributed by atoms with Crippen molar-refractivity contribution in [3.05, 3.63) is 50.6 Å². The smallest absolute Gasteiger partial charge is 0.320 e. The Labute approximate surface area is 131 Å². The molecular formula is C15H17BrN2OS. The highest BCUT2D eigenvalue weighted by molar-refractivity contribution is 9.10. The van der Waals surface area contributed by atoms with Gasteiger partial charge in [-0.15, -0.1) is 11.3 Å². The highest BCUT2D eigenvalue weighted by atomic mass is 79.9. The summed E-state index contributed by atoms with van der Waals surface area (Å²) in [7, 11) is 1.81. The van der Waals surface area contributed by atoms with Gasteiger partial charge in [0.2, 0.25) is 0 Å². The Kier molecular flexibility index (Phi) is 4.83. The Balaban J connectivity index is 2.05. The molecule has 1 aromatic heterocycles. The largest absolute Gasteiger partial charge is 0.322 e. The molecule has 0 radical (unpaired) electrons.